The Balaban J connectivity index is 2.32. The van der Waals surface area contributed by atoms with Gasteiger partial charge in [-0.05, 0) is 52.2 Å². The van der Waals surface area contributed by atoms with Crippen molar-refractivity contribution >= 4 is 5.97 Å². The summed E-state index contributed by atoms with van der Waals surface area (Å²) in [6, 6.07) is 7.71. The van der Waals surface area contributed by atoms with Crippen LogP contribution in [0.15, 0.2) is 24.3 Å². The average Bonchev–Trinajstić information content (AvgIpc) is 2.24. The Labute approximate surface area is 115 Å². The molecule has 1 atom stereocenters. The summed E-state index contributed by atoms with van der Waals surface area (Å²) in [7, 11) is 0. The molecule has 0 amide bonds. The van der Waals surface area contributed by atoms with Crippen LogP contribution in [0.5, 0.6) is 0 Å². The summed E-state index contributed by atoms with van der Waals surface area (Å²) in [5, 5.41) is 3.40. The lowest BCUT2D eigenvalue weighted by Gasteiger charge is -2.38. The Morgan fingerprint density at radius 3 is 2.58 bits per heavy atom. The van der Waals surface area contributed by atoms with E-state index in [1.54, 1.807) is 0 Å². The molecule has 19 heavy (non-hydrogen) atoms. The maximum Gasteiger partial charge on any atom is 0.328 e. The van der Waals surface area contributed by atoms with Gasteiger partial charge in [-0.25, -0.2) is 4.79 Å². The molecule has 0 radical (unpaired) electrons. The number of rotatable bonds is 1. The van der Waals surface area contributed by atoms with E-state index in [0.717, 1.165) is 12.0 Å². The summed E-state index contributed by atoms with van der Waals surface area (Å²) < 4.78 is 5.53. The topological polar surface area (TPSA) is 38.3 Å². The monoisotopic (exact) mass is 261 g/mol. The van der Waals surface area contributed by atoms with Crippen LogP contribution in [0.25, 0.3) is 0 Å². The number of carbonyl (C=O) groups is 1. The first-order chi connectivity index (χ1) is 8.68. The molecule has 104 valence electrons. The minimum absolute atomic E-state index is 0.101. The first-order valence-electron chi connectivity index (χ1n) is 6.76. The number of ether oxygens (including phenoxy) is 1. The van der Waals surface area contributed by atoms with Crippen LogP contribution >= 0.6 is 0 Å². The normalized spacial score (nSPS) is 21.6. The van der Waals surface area contributed by atoms with Crippen molar-refractivity contribution in [3.63, 3.8) is 0 Å². The van der Waals surface area contributed by atoms with Crippen LogP contribution < -0.4 is 5.32 Å². The molecule has 1 heterocycles. The van der Waals surface area contributed by atoms with Gasteiger partial charge in [-0.15, -0.1) is 0 Å². The van der Waals surface area contributed by atoms with Crippen molar-refractivity contribution in [3.8, 4) is 0 Å². The molecule has 0 saturated carbocycles. The van der Waals surface area contributed by atoms with E-state index in [1.165, 1.54) is 5.56 Å². The van der Waals surface area contributed by atoms with Crippen LogP contribution in [-0.4, -0.2) is 17.1 Å². The van der Waals surface area contributed by atoms with Gasteiger partial charge in [-0.1, -0.05) is 24.3 Å². The van der Waals surface area contributed by atoms with E-state index in [1.807, 2.05) is 39.0 Å². The SMILES string of the molecule is CC1(C)Cc2ccccc2C(C(=O)OC(C)(C)C)N1. The van der Waals surface area contributed by atoms with E-state index >= 15 is 0 Å². The summed E-state index contributed by atoms with van der Waals surface area (Å²) in [5.74, 6) is -0.201. The molecule has 1 aliphatic heterocycles. The summed E-state index contributed by atoms with van der Waals surface area (Å²) in [5.41, 5.74) is 1.70. The molecule has 1 unspecified atom stereocenters. The molecule has 0 bridgehead atoms. The Morgan fingerprint density at radius 2 is 1.95 bits per heavy atom. The highest BCUT2D eigenvalue weighted by Gasteiger charge is 2.37. The Kier molecular flexibility index (Phi) is 3.43. The first kappa shape index (κ1) is 14.1. The Bertz CT molecular complexity index is 486. The molecule has 1 aliphatic rings. The van der Waals surface area contributed by atoms with Gasteiger partial charge in [0, 0.05) is 5.54 Å². The highest BCUT2D eigenvalue weighted by Crippen LogP contribution is 2.31. The number of esters is 1. The quantitative estimate of drug-likeness (QED) is 0.790. The fraction of sp³-hybridized carbons (Fsp3) is 0.562. The third-order valence-corrected chi connectivity index (χ3v) is 3.18. The zero-order chi connectivity index (χ0) is 14.3. The van der Waals surface area contributed by atoms with Gasteiger partial charge in [-0.3, -0.25) is 5.32 Å². The molecule has 2 rings (SSSR count). The minimum Gasteiger partial charge on any atom is -0.459 e. The van der Waals surface area contributed by atoms with Crippen molar-refractivity contribution in [1.82, 2.24) is 5.32 Å². The second kappa shape index (κ2) is 4.64. The number of carbonyl (C=O) groups excluding carboxylic acids is 1. The highest BCUT2D eigenvalue weighted by molar-refractivity contribution is 5.79. The molecule has 3 heteroatoms. The number of benzene rings is 1. The van der Waals surface area contributed by atoms with Crippen molar-refractivity contribution in [2.45, 2.75) is 58.2 Å². The average molecular weight is 261 g/mol. The molecule has 1 aromatic carbocycles. The van der Waals surface area contributed by atoms with Gasteiger partial charge in [0.2, 0.25) is 0 Å². The van der Waals surface area contributed by atoms with Gasteiger partial charge in [0.15, 0.2) is 0 Å². The fourth-order valence-corrected chi connectivity index (χ4v) is 2.52. The van der Waals surface area contributed by atoms with E-state index in [2.05, 4.69) is 25.2 Å². The van der Waals surface area contributed by atoms with Crippen LogP contribution in [0.1, 0.15) is 51.8 Å². The predicted molar refractivity (Wildman–Crippen MR) is 75.9 cm³/mol. The number of fused-ring (bicyclic) bond motifs is 1. The van der Waals surface area contributed by atoms with Gasteiger partial charge in [-0.2, -0.15) is 0 Å². The smallest absolute Gasteiger partial charge is 0.328 e. The highest BCUT2D eigenvalue weighted by atomic mass is 16.6. The van der Waals surface area contributed by atoms with E-state index < -0.39 is 5.60 Å². The van der Waals surface area contributed by atoms with Gasteiger partial charge in [0.25, 0.3) is 0 Å². The van der Waals surface area contributed by atoms with Gasteiger partial charge >= 0.3 is 5.97 Å². The second-order valence-electron chi connectivity index (χ2n) is 6.87. The molecule has 0 saturated heterocycles. The second-order valence-corrected chi connectivity index (χ2v) is 6.87. The predicted octanol–water partition coefficient (Wildman–Crippen LogP) is 2.99. The maximum atomic E-state index is 12.4. The lowest BCUT2D eigenvalue weighted by atomic mass is 9.83. The van der Waals surface area contributed by atoms with E-state index in [0.29, 0.717) is 0 Å². The fourth-order valence-electron chi connectivity index (χ4n) is 2.52. The number of hydrogen-bond acceptors (Lipinski definition) is 3. The van der Waals surface area contributed by atoms with Gasteiger partial charge in [0.1, 0.15) is 11.6 Å². The first-order valence-corrected chi connectivity index (χ1v) is 6.76. The third-order valence-electron chi connectivity index (χ3n) is 3.18. The van der Waals surface area contributed by atoms with Crippen molar-refractivity contribution in [1.29, 1.82) is 0 Å². The maximum absolute atomic E-state index is 12.4. The van der Waals surface area contributed by atoms with Crippen molar-refractivity contribution < 1.29 is 9.53 Å². The molecule has 0 fully saturated rings. The third kappa shape index (κ3) is 3.35. The lowest BCUT2D eigenvalue weighted by molar-refractivity contribution is -0.158. The summed E-state index contributed by atoms with van der Waals surface area (Å²) >= 11 is 0. The van der Waals surface area contributed by atoms with Crippen molar-refractivity contribution in [2.24, 2.45) is 0 Å². The standard InChI is InChI=1S/C16H23NO2/c1-15(2,3)19-14(18)13-12-9-7-6-8-11(12)10-16(4,5)17-13/h6-9,13,17H,10H2,1-5H3. The minimum atomic E-state index is -0.463. The number of hydrogen-bond donors (Lipinski definition) is 1. The van der Waals surface area contributed by atoms with Gasteiger partial charge in [0.05, 0.1) is 0 Å². The molecule has 3 nitrogen and oxygen atoms in total. The molecule has 0 aliphatic carbocycles. The largest absolute Gasteiger partial charge is 0.459 e. The van der Waals surface area contributed by atoms with E-state index in [9.17, 15) is 4.79 Å². The zero-order valence-corrected chi connectivity index (χ0v) is 12.4. The lowest BCUT2D eigenvalue weighted by Crippen LogP contribution is -2.51. The van der Waals surface area contributed by atoms with Crippen molar-refractivity contribution in [3.05, 3.63) is 35.4 Å². The Morgan fingerprint density at radius 1 is 1.32 bits per heavy atom. The molecule has 1 N–H and O–H groups in total. The molecular weight excluding hydrogens is 238 g/mol. The van der Waals surface area contributed by atoms with Crippen LogP contribution in [0.3, 0.4) is 0 Å². The van der Waals surface area contributed by atoms with E-state index in [4.69, 9.17) is 4.74 Å². The van der Waals surface area contributed by atoms with Crippen LogP contribution in [0, 0.1) is 0 Å². The number of nitrogens with one attached hydrogen (secondary N) is 1. The van der Waals surface area contributed by atoms with Crippen LogP contribution in [-0.2, 0) is 16.0 Å². The molecule has 1 aromatic rings. The zero-order valence-electron chi connectivity index (χ0n) is 12.4. The van der Waals surface area contributed by atoms with E-state index in [-0.39, 0.29) is 17.6 Å². The summed E-state index contributed by atoms with van der Waals surface area (Å²) in [6.45, 7) is 9.90. The summed E-state index contributed by atoms with van der Waals surface area (Å²) in [6.07, 6.45) is 0.919. The Hall–Kier alpha value is -1.35. The van der Waals surface area contributed by atoms with Crippen LogP contribution in [0.4, 0.5) is 0 Å². The van der Waals surface area contributed by atoms with Gasteiger partial charge < -0.3 is 4.74 Å². The van der Waals surface area contributed by atoms with Crippen LogP contribution in [0.2, 0.25) is 0 Å². The molecule has 0 spiro atoms. The molecular formula is C16H23NO2. The summed E-state index contributed by atoms with van der Waals surface area (Å²) in [4.78, 5) is 12.4. The van der Waals surface area contributed by atoms with Crippen molar-refractivity contribution in [2.75, 3.05) is 0 Å². The molecule has 0 aromatic heterocycles.